The van der Waals surface area contributed by atoms with Gasteiger partial charge in [-0.3, -0.25) is 4.79 Å². The van der Waals surface area contributed by atoms with Crippen molar-refractivity contribution in [3.8, 4) is 11.5 Å². The molecule has 0 amide bonds. The Balaban J connectivity index is 1.86. The minimum atomic E-state index is -4.14. The normalized spacial score (nSPS) is 11.2. The van der Waals surface area contributed by atoms with Crippen molar-refractivity contribution in [2.24, 2.45) is 0 Å². The van der Waals surface area contributed by atoms with Crippen LogP contribution in [0.25, 0.3) is 0 Å². The Morgan fingerprint density at radius 1 is 0.943 bits per heavy atom. The molecule has 0 saturated carbocycles. The van der Waals surface area contributed by atoms with E-state index in [1.807, 2.05) is 0 Å². The third-order valence-electron chi connectivity index (χ3n) is 5.18. The number of benzene rings is 3. The average molecular weight is 513 g/mol. The van der Waals surface area contributed by atoms with Crippen LogP contribution in [0.4, 0.5) is 20.8 Å². The summed E-state index contributed by atoms with van der Waals surface area (Å²) in [6.07, 6.45) is 0. The molecule has 35 heavy (non-hydrogen) atoms. The van der Waals surface area contributed by atoms with E-state index < -0.39 is 21.4 Å². The van der Waals surface area contributed by atoms with Crippen molar-refractivity contribution in [2.75, 3.05) is 25.3 Å². The van der Waals surface area contributed by atoms with Gasteiger partial charge in [-0.1, -0.05) is 6.07 Å². The van der Waals surface area contributed by atoms with E-state index in [-0.39, 0.29) is 30.9 Å². The smallest absolute Gasteiger partial charge is 0.211 e. The molecule has 4 rings (SSSR count). The van der Waals surface area contributed by atoms with Gasteiger partial charge < -0.3 is 20.5 Å². The van der Waals surface area contributed by atoms with Gasteiger partial charge in [0.15, 0.2) is 0 Å². The van der Waals surface area contributed by atoms with Gasteiger partial charge >= 0.3 is 0 Å². The van der Waals surface area contributed by atoms with Crippen molar-refractivity contribution < 1.29 is 27.1 Å². The summed E-state index contributed by atoms with van der Waals surface area (Å²) in [4.78, 5) is 13.0. The summed E-state index contributed by atoms with van der Waals surface area (Å²) in [5, 5.41) is 3.23. The van der Waals surface area contributed by atoms with Crippen molar-refractivity contribution in [1.29, 1.82) is 0 Å². The molecular weight excluding hydrogens is 491 g/mol. The fraction of sp³-hybridized carbons (Fsp3) is 0.0800. The Bertz CT molecular complexity index is 1480. The van der Waals surface area contributed by atoms with Crippen LogP contribution in [0.1, 0.15) is 15.2 Å². The molecule has 0 atom stereocenters. The van der Waals surface area contributed by atoms with E-state index >= 15 is 0 Å². The van der Waals surface area contributed by atoms with Crippen molar-refractivity contribution >= 4 is 43.3 Å². The first kappa shape index (κ1) is 24.2. The molecule has 10 heteroatoms. The summed E-state index contributed by atoms with van der Waals surface area (Å²) in [7, 11) is -1.15. The Labute approximate surface area is 205 Å². The second kappa shape index (κ2) is 9.77. The zero-order chi connectivity index (χ0) is 25.2. The van der Waals surface area contributed by atoms with Crippen molar-refractivity contribution in [3.05, 3.63) is 89.1 Å². The molecule has 3 aromatic carbocycles. The minimum Gasteiger partial charge on any atom is -0.497 e. The number of ether oxygens (including phenoxy) is 2. The number of sulfone groups is 1. The topological polar surface area (TPSA) is 108 Å². The molecule has 1 aromatic heterocycles. The van der Waals surface area contributed by atoms with E-state index in [0.29, 0.717) is 17.2 Å². The Morgan fingerprint density at radius 3 is 2.23 bits per heavy atom. The summed E-state index contributed by atoms with van der Waals surface area (Å²) in [6, 6.07) is 17.7. The molecule has 0 radical (unpaired) electrons. The van der Waals surface area contributed by atoms with Crippen LogP contribution in [0.15, 0.2) is 82.6 Å². The van der Waals surface area contributed by atoms with Gasteiger partial charge in [-0.15, -0.1) is 11.3 Å². The second-order valence-corrected chi connectivity index (χ2v) is 10.3. The van der Waals surface area contributed by atoms with Gasteiger partial charge in [0.05, 0.1) is 24.8 Å². The number of thiophene rings is 1. The number of carbonyl (C=O) groups is 1. The number of nitrogen functional groups attached to an aromatic ring is 1. The third kappa shape index (κ3) is 4.84. The molecule has 0 spiro atoms. The highest BCUT2D eigenvalue weighted by Crippen LogP contribution is 2.44. The maximum atomic E-state index is 13.7. The van der Waals surface area contributed by atoms with Crippen LogP contribution in [-0.2, 0) is 9.84 Å². The molecule has 1 heterocycles. The number of nitrogens with one attached hydrogen (secondary N) is 1. The van der Waals surface area contributed by atoms with Crippen molar-refractivity contribution in [2.45, 2.75) is 9.79 Å². The van der Waals surface area contributed by atoms with E-state index in [9.17, 15) is 17.6 Å². The van der Waals surface area contributed by atoms with Gasteiger partial charge in [0, 0.05) is 17.3 Å². The van der Waals surface area contributed by atoms with E-state index in [0.717, 1.165) is 23.5 Å². The summed E-state index contributed by atoms with van der Waals surface area (Å²) < 4.78 is 51.0. The molecule has 4 aromatic rings. The van der Waals surface area contributed by atoms with E-state index in [4.69, 9.17) is 15.2 Å². The van der Waals surface area contributed by atoms with Crippen molar-refractivity contribution in [3.63, 3.8) is 0 Å². The average Bonchev–Trinajstić information content (AvgIpc) is 3.20. The number of carbonyl (C=O) groups excluding carboxylic acids is 1. The molecule has 0 saturated heterocycles. The van der Waals surface area contributed by atoms with E-state index in [2.05, 4.69) is 5.32 Å². The largest absolute Gasteiger partial charge is 0.497 e. The summed E-state index contributed by atoms with van der Waals surface area (Å²) in [5.74, 6) is 0.0343. The third-order valence-corrected chi connectivity index (χ3v) is 8.28. The number of nitrogens with two attached hydrogens (primary N) is 1. The lowest BCUT2D eigenvalue weighted by Crippen LogP contribution is -2.08. The minimum absolute atomic E-state index is 0.0164. The lowest BCUT2D eigenvalue weighted by Gasteiger charge is -2.11. The quantitative estimate of drug-likeness (QED) is 0.309. The van der Waals surface area contributed by atoms with Crippen LogP contribution in [0.2, 0.25) is 0 Å². The number of methoxy groups -OCH3 is 2. The number of halogens is 1. The summed E-state index contributed by atoms with van der Waals surface area (Å²) in [6.45, 7) is 0. The fourth-order valence-corrected chi connectivity index (χ4v) is 6.32. The SMILES string of the molecule is COc1ccc(S(=O)(=O)c2c(Nc3cccc(OC)c3)sc(C(=O)c3ccc(F)cc3)c2N)cc1. The standard InChI is InChI=1S/C25H21FN2O5S2/c1-32-18-10-12-20(13-11-18)35(30,31)24-21(27)23(22(29)15-6-8-16(26)9-7-15)34-25(24)28-17-4-3-5-19(14-17)33-2/h3-14,28H,27H2,1-2H3. The van der Waals surface area contributed by atoms with Gasteiger partial charge in [0.1, 0.15) is 32.1 Å². The van der Waals surface area contributed by atoms with Gasteiger partial charge in [-0.25, -0.2) is 12.8 Å². The summed E-state index contributed by atoms with van der Waals surface area (Å²) in [5.41, 5.74) is 6.84. The number of hydrogen-bond donors (Lipinski definition) is 2. The van der Waals surface area contributed by atoms with Crippen LogP contribution in [0, 0.1) is 5.82 Å². The van der Waals surface area contributed by atoms with Crippen LogP contribution < -0.4 is 20.5 Å². The van der Waals surface area contributed by atoms with Crippen LogP contribution in [0.5, 0.6) is 11.5 Å². The van der Waals surface area contributed by atoms with Crippen molar-refractivity contribution in [1.82, 2.24) is 0 Å². The highest BCUT2D eigenvalue weighted by atomic mass is 32.2. The van der Waals surface area contributed by atoms with Crippen LogP contribution in [0.3, 0.4) is 0 Å². The number of hydrogen-bond acceptors (Lipinski definition) is 8. The highest BCUT2D eigenvalue weighted by molar-refractivity contribution is 7.92. The first-order chi connectivity index (χ1) is 16.7. The molecule has 3 N–H and O–H groups in total. The first-order valence-electron chi connectivity index (χ1n) is 10.3. The zero-order valence-electron chi connectivity index (χ0n) is 18.7. The number of ketones is 1. The lowest BCUT2D eigenvalue weighted by molar-refractivity contribution is 0.104. The fourth-order valence-electron chi connectivity index (χ4n) is 3.38. The predicted octanol–water partition coefficient (Wildman–Crippen LogP) is 5.29. The Hall–Kier alpha value is -3.89. The molecular formula is C25H21FN2O5S2. The highest BCUT2D eigenvalue weighted by Gasteiger charge is 2.32. The van der Waals surface area contributed by atoms with Crippen LogP contribution >= 0.6 is 11.3 Å². The molecule has 0 bridgehead atoms. The molecule has 0 aliphatic rings. The van der Waals surface area contributed by atoms with Gasteiger partial charge in [0.25, 0.3) is 0 Å². The number of rotatable bonds is 8. The molecule has 0 unspecified atom stereocenters. The van der Waals surface area contributed by atoms with Gasteiger partial charge in [-0.2, -0.15) is 0 Å². The van der Waals surface area contributed by atoms with Gasteiger partial charge in [-0.05, 0) is 60.7 Å². The van der Waals surface area contributed by atoms with Gasteiger partial charge in [0.2, 0.25) is 15.6 Å². The number of anilines is 3. The molecule has 0 fully saturated rings. The Morgan fingerprint density at radius 2 is 1.60 bits per heavy atom. The second-order valence-electron chi connectivity index (χ2n) is 7.38. The predicted molar refractivity (Wildman–Crippen MR) is 133 cm³/mol. The molecule has 180 valence electrons. The summed E-state index contributed by atoms with van der Waals surface area (Å²) >= 11 is 0.907. The monoisotopic (exact) mass is 512 g/mol. The van der Waals surface area contributed by atoms with E-state index in [1.54, 1.807) is 24.3 Å². The Kier molecular flexibility index (Phi) is 6.77. The zero-order valence-corrected chi connectivity index (χ0v) is 20.4. The maximum Gasteiger partial charge on any atom is 0.211 e. The first-order valence-corrected chi connectivity index (χ1v) is 12.6. The maximum absolute atomic E-state index is 13.7. The van der Waals surface area contributed by atoms with Crippen LogP contribution in [-0.4, -0.2) is 28.4 Å². The van der Waals surface area contributed by atoms with E-state index in [1.165, 1.54) is 50.6 Å². The lowest BCUT2D eigenvalue weighted by atomic mass is 10.1. The molecule has 0 aliphatic heterocycles. The molecule has 0 aliphatic carbocycles. The molecule has 7 nitrogen and oxygen atoms in total.